The predicted molar refractivity (Wildman–Crippen MR) is 463 cm³/mol. The second-order valence-corrected chi connectivity index (χ2v) is 40.4. The number of aliphatic hydroxyl groups is 8. The summed E-state index contributed by atoms with van der Waals surface area (Å²) in [7, 11) is 0. The molecule has 4 aliphatic heterocycles. The Hall–Kier alpha value is -4.70. The SMILES string of the molecule is C.C.C.C.CC.CC.CC1O[C@@H]2C[C@H]3[C@@H]4CCC5=CC(=O)C=C[C@]5(C)[C@H]4[C@@H](O)C[C@]3(C)[C@]2(C(=O)CO)O1.CC1O[C@@H]2C[C@H]3[C@@H]4CCC5=CC(=O)C=C[C@]5(C)[C@H]4[C@@H](O)C[C@]3(C)[C@]2(C(=O)CO)O1.CC1O[C@@H]2C[C@H]3[C@@H]4CCC5=CC=CC[C@]5(C)[C@H]4[C@@H](O)C[C@]3(C)[C@]2(C(=O)CO)O1.CC1O[C@@H]2C[C@H]3[C@@H]4CCC5=CC=CC[C@]5(C)[C@H]4[C@@H](O)C[C@]3(C)[C@]2(C(=O)CO)O1. The van der Waals surface area contributed by atoms with Crippen molar-refractivity contribution in [1.82, 2.24) is 0 Å². The molecule has 0 amide bonds. The Morgan fingerprint density at radius 3 is 0.869 bits per heavy atom. The van der Waals surface area contributed by atoms with E-state index in [1.807, 2.05) is 67.5 Å². The van der Waals surface area contributed by atoms with Crippen LogP contribution in [0.15, 0.2) is 95.2 Å². The van der Waals surface area contributed by atoms with Crippen LogP contribution in [0.2, 0.25) is 0 Å². The zero-order valence-corrected chi connectivity index (χ0v) is 72.6. The molecule has 0 bridgehead atoms. The third-order valence-electron chi connectivity index (χ3n) is 36.0. The molecule has 0 aromatic rings. The summed E-state index contributed by atoms with van der Waals surface area (Å²) < 4.78 is 48.9. The van der Waals surface area contributed by atoms with E-state index in [2.05, 4.69) is 78.0 Å². The van der Waals surface area contributed by atoms with Gasteiger partial charge in [-0.15, -0.1) is 0 Å². The Bertz CT molecular complexity index is 3970. The minimum absolute atomic E-state index is 0. The first kappa shape index (κ1) is 97.9. The van der Waals surface area contributed by atoms with Crippen molar-refractivity contribution in [3.8, 4) is 0 Å². The Labute approximate surface area is 727 Å². The van der Waals surface area contributed by atoms with E-state index in [0.717, 1.165) is 88.2 Å². The molecule has 16 aliphatic carbocycles. The third-order valence-corrected chi connectivity index (χ3v) is 36.0. The zero-order chi connectivity index (χ0) is 85.3. The van der Waals surface area contributed by atoms with Crippen LogP contribution in [0.4, 0.5) is 0 Å². The molecule has 4 saturated heterocycles. The summed E-state index contributed by atoms with van der Waals surface area (Å²) in [5.74, 6) is 0.972. The summed E-state index contributed by atoms with van der Waals surface area (Å²) in [6.45, 7) is 30.1. The Balaban J connectivity index is 0.000000155. The molecular weight excluding hydrogens is 1550 g/mol. The quantitative estimate of drug-likeness (QED) is 0.112. The lowest BCUT2D eigenvalue weighted by molar-refractivity contribution is -0.199. The number of aliphatic hydroxyl groups excluding tert-OH is 8. The highest BCUT2D eigenvalue weighted by Crippen LogP contribution is 2.76. The molecule has 0 radical (unpaired) electrons. The van der Waals surface area contributed by atoms with Crippen molar-refractivity contribution in [3.05, 3.63) is 95.2 Å². The minimum Gasteiger partial charge on any atom is -0.393 e. The molecule has 22 heteroatoms. The Morgan fingerprint density at radius 2 is 0.615 bits per heavy atom. The van der Waals surface area contributed by atoms with Gasteiger partial charge in [0.05, 0.1) is 48.8 Å². The highest BCUT2D eigenvalue weighted by atomic mass is 16.8. The maximum atomic E-state index is 13.0. The Kier molecular flexibility index (Phi) is 27.8. The first-order valence-electron chi connectivity index (χ1n) is 45.1. The van der Waals surface area contributed by atoms with Gasteiger partial charge in [-0.25, -0.2) is 0 Å². The van der Waals surface area contributed by atoms with Crippen molar-refractivity contribution in [3.63, 3.8) is 0 Å². The molecule has 0 spiro atoms. The fraction of sp³-hybridized carbons (Fsp3) is 0.780. The van der Waals surface area contributed by atoms with Crippen molar-refractivity contribution >= 4 is 34.7 Å². The summed E-state index contributed by atoms with van der Waals surface area (Å²) in [5.41, 5.74) is -2.53. The van der Waals surface area contributed by atoms with Gasteiger partial charge >= 0.3 is 0 Å². The molecule has 4 heterocycles. The van der Waals surface area contributed by atoms with Crippen LogP contribution < -0.4 is 0 Å². The average molecular weight is 1710 g/mol. The number of fused-ring (bicyclic) bond motifs is 28. The molecule has 0 aromatic carbocycles. The predicted octanol–water partition coefficient (Wildman–Crippen LogP) is 14.0. The maximum absolute atomic E-state index is 13.0. The van der Waals surface area contributed by atoms with E-state index >= 15 is 0 Å². The number of rotatable bonds is 8. The molecule has 36 atom stereocenters. The van der Waals surface area contributed by atoms with Crippen molar-refractivity contribution < 1.29 is 108 Å². The van der Waals surface area contributed by atoms with E-state index in [0.29, 0.717) is 50.4 Å². The molecule has 684 valence electrons. The van der Waals surface area contributed by atoms with Crippen LogP contribution in [0.5, 0.6) is 0 Å². The molecule has 0 aromatic heterocycles. The molecule has 16 fully saturated rings. The van der Waals surface area contributed by atoms with Gasteiger partial charge in [-0.05, 0) is 238 Å². The van der Waals surface area contributed by atoms with Gasteiger partial charge < -0.3 is 78.7 Å². The molecular formula is C100H152O22. The lowest BCUT2D eigenvalue weighted by Gasteiger charge is -2.60. The van der Waals surface area contributed by atoms with Crippen molar-refractivity contribution in [2.45, 2.75) is 352 Å². The molecule has 20 aliphatic rings. The number of Topliss-reactive ketones (excluding diaryl/α,β-unsaturated/α-hetero) is 4. The van der Waals surface area contributed by atoms with Gasteiger partial charge in [0.1, 0.15) is 26.4 Å². The van der Waals surface area contributed by atoms with Crippen LogP contribution in [0.1, 0.15) is 256 Å². The molecule has 20 rings (SSSR count). The largest absolute Gasteiger partial charge is 0.393 e. The third kappa shape index (κ3) is 13.4. The van der Waals surface area contributed by atoms with Crippen LogP contribution in [-0.2, 0) is 66.7 Å². The maximum Gasteiger partial charge on any atom is 0.193 e. The fourth-order valence-electron chi connectivity index (χ4n) is 31.8. The van der Waals surface area contributed by atoms with Crippen LogP contribution in [0.25, 0.3) is 0 Å². The monoisotopic (exact) mass is 1710 g/mol. The van der Waals surface area contributed by atoms with E-state index in [-0.39, 0.29) is 157 Å². The lowest BCUT2D eigenvalue weighted by Crippen LogP contribution is -2.63. The molecule has 22 nitrogen and oxygen atoms in total. The number of carbonyl (C=O) groups is 6. The molecule has 8 N–H and O–H groups in total. The summed E-state index contributed by atoms with van der Waals surface area (Å²) in [4.78, 5) is 76.0. The number of ketones is 6. The molecule has 12 saturated carbocycles. The van der Waals surface area contributed by atoms with Crippen molar-refractivity contribution in [1.29, 1.82) is 0 Å². The van der Waals surface area contributed by atoms with Gasteiger partial charge in [-0.1, -0.05) is 184 Å². The van der Waals surface area contributed by atoms with Gasteiger partial charge in [0.25, 0.3) is 0 Å². The second kappa shape index (κ2) is 34.6. The number of allylic oxidation sites excluding steroid dienone is 16. The number of carbonyl (C=O) groups excluding carboxylic acids is 6. The first-order valence-corrected chi connectivity index (χ1v) is 45.1. The van der Waals surface area contributed by atoms with Gasteiger partial charge in [0.2, 0.25) is 0 Å². The number of ether oxygens (including phenoxy) is 8. The van der Waals surface area contributed by atoms with E-state index in [4.69, 9.17) is 37.9 Å². The first-order chi connectivity index (χ1) is 55.9. The van der Waals surface area contributed by atoms with E-state index in [1.165, 1.54) is 11.1 Å². The van der Waals surface area contributed by atoms with Crippen LogP contribution in [-0.4, -0.2) is 198 Å². The summed E-state index contributed by atoms with van der Waals surface area (Å²) >= 11 is 0. The van der Waals surface area contributed by atoms with Gasteiger partial charge in [-0.3, -0.25) is 28.8 Å². The van der Waals surface area contributed by atoms with Crippen molar-refractivity contribution in [2.75, 3.05) is 26.4 Å². The molecule has 122 heavy (non-hydrogen) atoms. The topological polar surface area (TPSA) is 338 Å². The molecule has 4 unspecified atom stereocenters. The highest BCUT2D eigenvalue weighted by molar-refractivity contribution is 6.02. The normalized spacial score (nSPS) is 50.3. The van der Waals surface area contributed by atoms with Crippen molar-refractivity contribution in [2.24, 2.45) is 114 Å². The summed E-state index contributed by atoms with van der Waals surface area (Å²) in [6, 6.07) is 0. The smallest absolute Gasteiger partial charge is 0.193 e. The lowest BCUT2D eigenvalue weighted by atomic mass is 9.45. The van der Waals surface area contributed by atoms with E-state index < -0.39 is 132 Å². The second-order valence-electron chi connectivity index (χ2n) is 40.4. The van der Waals surface area contributed by atoms with E-state index in [9.17, 15) is 69.6 Å². The van der Waals surface area contributed by atoms with Gasteiger partial charge in [0, 0.05) is 44.3 Å². The fourth-order valence-corrected chi connectivity index (χ4v) is 31.8. The van der Waals surface area contributed by atoms with Crippen LogP contribution in [0.3, 0.4) is 0 Å². The van der Waals surface area contributed by atoms with Crippen LogP contribution >= 0.6 is 0 Å². The average Bonchev–Trinajstić information content (AvgIpc) is 1.53. The number of hydrogen-bond acceptors (Lipinski definition) is 22. The van der Waals surface area contributed by atoms with Gasteiger partial charge in [0.15, 0.2) is 82.3 Å². The standard InChI is InChI=1S/2C23H30O6.2C23H32O5.2C2H6.4CH4/c2*1-12-28-19-9-16-15-5-4-13-8-14(25)6-7-21(13,2)20(15)17(26)10-22(16,3)23(19,29-12)18(27)11-24;2*1-13-27-19-10-16-15-8-7-14-6-4-5-9-21(14,2)20(15)17(25)11-22(16,3)23(19,28-13)18(26)12-24;2*1-2;;;;/h2*6-8,12,15-17,19-20,24,26H,4-5,9-11H2,1-3H3;2*4-6,13,15-17,19-20,24-25H,7-12H2,1-3H3;2*1-2H3;4*1H4/t2*12?,15-,16-,17-,19+,20+,21-,22-,23+;2*13?,15-,16-,17-,19+,20+,21-,22-,23+;;;;;;/m0000....../s1. The van der Waals surface area contributed by atoms with Crippen LogP contribution in [0, 0.1) is 114 Å². The van der Waals surface area contributed by atoms with Gasteiger partial charge in [-0.2, -0.15) is 0 Å². The van der Waals surface area contributed by atoms with E-state index in [1.54, 1.807) is 38.2 Å². The highest BCUT2D eigenvalue weighted by Gasteiger charge is 2.81. The Morgan fingerprint density at radius 1 is 0.377 bits per heavy atom. The number of hydrogen-bond donors (Lipinski definition) is 8. The minimum atomic E-state index is -1.20. The summed E-state index contributed by atoms with van der Waals surface area (Å²) in [5, 5.41) is 84.8. The zero-order valence-electron chi connectivity index (χ0n) is 72.6. The summed E-state index contributed by atoms with van der Waals surface area (Å²) in [6.07, 6.45) is 32.5.